The Kier molecular flexibility index (Phi) is 3.59. The lowest BCUT2D eigenvalue weighted by molar-refractivity contribution is 0.282. The minimum atomic E-state index is -3.61. The van der Waals surface area contributed by atoms with Gasteiger partial charge in [0.25, 0.3) is 10.0 Å². The lowest BCUT2D eigenvalue weighted by atomic mass is 10.2. The zero-order valence-corrected chi connectivity index (χ0v) is 10.3. The molecule has 0 fully saturated rings. The predicted molar refractivity (Wildman–Crippen MR) is 67.4 cm³/mol. The minimum Gasteiger partial charge on any atom is -0.392 e. The van der Waals surface area contributed by atoms with Crippen LogP contribution >= 0.6 is 0 Å². The van der Waals surface area contributed by atoms with Crippen molar-refractivity contribution in [2.75, 3.05) is 4.72 Å². The molecule has 0 spiro atoms. The van der Waals surface area contributed by atoms with Gasteiger partial charge in [-0.05, 0) is 29.8 Å². The van der Waals surface area contributed by atoms with Gasteiger partial charge in [-0.3, -0.25) is 9.71 Å². The molecule has 2 rings (SSSR count). The Morgan fingerprint density at radius 2 is 1.89 bits per heavy atom. The van der Waals surface area contributed by atoms with Crippen LogP contribution < -0.4 is 4.72 Å². The molecule has 0 radical (unpaired) electrons. The van der Waals surface area contributed by atoms with Crippen LogP contribution in [0.15, 0.2) is 53.7 Å². The molecular formula is C12H12N2O3S. The van der Waals surface area contributed by atoms with E-state index in [2.05, 4.69) is 9.71 Å². The highest BCUT2D eigenvalue weighted by atomic mass is 32.2. The zero-order valence-electron chi connectivity index (χ0n) is 9.45. The Morgan fingerprint density at radius 1 is 1.17 bits per heavy atom. The second kappa shape index (κ2) is 5.16. The van der Waals surface area contributed by atoms with E-state index in [0.717, 1.165) is 0 Å². The monoisotopic (exact) mass is 264 g/mol. The average Bonchev–Trinajstić information content (AvgIpc) is 2.39. The minimum absolute atomic E-state index is 0.115. The third-order valence-corrected chi connectivity index (χ3v) is 3.73. The highest BCUT2D eigenvalue weighted by Gasteiger charge is 2.13. The number of sulfonamides is 1. The number of nitrogens with one attached hydrogen (secondary N) is 1. The maximum Gasteiger partial charge on any atom is 0.261 e. The summed E-state index contributed by atoms with van der Waals surface area (Å²) in [5.74, 6) is 0. The zero-order chi connectivity index (χ0) is 13.0. The topological polar surface area (TPSA) is 79.3 Å². The van der Waals surface area contributed by atoms with E-state index in [0.29, 0.717) is 11.3 Å². The molecule has 1 aromatic heterocycles. The van der Waals surface area contributed by atoms with Crippen LogP contribution in [0.2, 0.25) is 0 Å². The van der Waals surface area contributed by atoms with Gasteiger partial charge < -0.3 is 5.11 Å². The van der Waals surface area contributed by atoms with Crippen molar-refractivity contribution in [1.82, 2.24) is 4.98 Å². The summed E-state index contributed by atoms with van der Waals surface area (Å²) in [4.78, 5) is 3.97. The van der Waals surface area contributed by atoms with Crippen LogP contribution in [0, 0.1) is 0 Å². The van der Waals surface area contributed by atoms with Crippen molar-refractivity contribution in [3.8, 4) is 0 Å². The molecule has 0 bridgehead atoms. The molecule has 0 saturated carbocycles. The van der Waals surface area contributed by atoms with E-state index in [9.17, 15) is 8.42 Å². The van der Waals surface area contributed by atoms with Gasteiger partial charge >= 0.3 is 0 Å². The summed E-state index contributed by atoms with van der Waals surface area (Å²) in [7, 11) is -3.61. The maximum atomic E-state index is 12.0. The van der Waals surface area contributed by atoms with Gasteiger partial charge in [0.2, 0.25) is 0 Å². The molecule has 1 aromatic carbocycles. The molecule has 0 atom stereocenters. The fourth-order valence-corrected chi connectivity index (χ4v) is 2.45. The highest BCUT2D eigenvalue weighted by molar-refractivity contribution is 7.92. The average molecular weight is 264 g/mol. The van der Waals surface area contributed by atoms with E-state index in [4.69, 9.17) is 5.11 Å². The van der Waals surface area contributed by atoms with Crippen molar-refractivity contribution in [2.24, 2.45) is 0 Å². The van der Waals surface area contributed by atoms with E-state index in [1.807, 2.05) is 0 Å². The SMILES string of the molecule is O=S(=O)(Nc1cccnc1)c1ccc(CO)cc1. The number of aromatic nitrogens is 1. The largest absolute Gasteiger partial charge is 0.392 e. The van der Waals surface area contributed by atoms with Crippen molar-refractivity contribution in [3.63, 3.8) is 0 Å². The van der Waals surface area contributed by atoms with Crippen LogP contribution in [0.3, 0.4) is 0 Å². The number of aliphatic hydroxyl groups excluding tert-OH is 1. The van der Waals surface area contributed by atoms with E-state index < -0.39 is 10.0 Å². The Bertz CT molecular complexity index is 610. The van der Waals surface area contributed by atoms with Crippen LogP contribution in [-0.4, -0.2) is 18.5 Å². The van der Waals surface area contributed by atoms with Crippen LogP contribution in [0.1, 0.15) is 5.56 Å². The Labute approximate surface area is 105 Å². The van der Waals surface area contributed by atoms with E-state index in [1.54, 1.807) is 30.5 Å². The molecule has 94 valence electrons. The predicted octanol–water partition coefficient (Wildman–Crippen LogP) is 1.37. The van der Waals surface area contributed by atoms with Gasteiger partial charge in [0, 0.05) is 6.20 Å². The number of anilines is 1. The highest BCUT2D eigenvalue weighted by Crippen LogP contribution is 2.15. The Hall–Kier alpha value is -1.92. The molecule has 6 heteroatoms. The lowest BCUT2D eigenvalue weighted by Crippen LogP contribution is -2.13. The van der Waals surface area contributed by atoms with Crippen molar-refractivity contribution in [2.45, 2.75) is 11.5 Å². The second-order valence-electron chi connectivity index (χ2n) is 3.65. The molecule has 2 N–H and O–H groups in total. The van der Waals surface area contributed by atoms with Crippen molar-refractivity contribution < 1.29 is 13.5 Å². The summed E-state index contributed by atoms with van der Waals surface area (Å²) in [5, 5.41) is 8.89. The molecule has 2 aromatic rings. The first-order chi connectivity index (χ1) is 8.62. The number of hydrogen-bond donors (Lipinski definition) is 2. The van der Waals surface area contributed by atoms with Gasteiger partial charge in [-0.25, -0.2) is 8.42 Å². The maximum absolute atomic E-state index is 12.0. The fourth-order valence-electron chi connectivity index (χ4n) is 1.41. The molecule has 0 aliphatic carbocycles. The molecule has 0 aliphatic heterocycles. The lowest BCUT2D eigenvalue weighted by Gasteiger charge is -2.07. The van der Waals surface area contributed by atoms with E-state index in [1.165, 1.54) is 18.3 Å². The standard InChI is InChI=1S/C12H12N2O3S/c15-9-10-3-5-12(6-4-10)18(16,17)14-11-2-1-7-13-8-11/h1-8,14-15H,9H2. The molecule has 1 heterocycles. The van der Waals surface area contributed by atoms with Crippen molar-refractivity contribution >= 4 is 15.7 Å². The van der Waals surface area contributed by atoms with Gasteiger partial charge in [0.15, 0.2) is 0 Å². The molecule has 18 heavy (non-hydrogen) atoms. The first-order valence-electron chi connectivity index (χ1n) is 5.24. The van der Waals surface area contributed by atoms with Crippen LogP contribution in [0.4, 0.5) is 5.69 Å². The molecule has 0 unspecified atom stereocenters. The van der Waals surface area contributed by atoms with Gasteiger partial charge in [-0.1, -0.05) is 12.1 Å². The van der Waals surface area contributed by atoms with Gasteiger partial charge in [-0.15, -0.1) is 0 Å². The summed E-state index contributed by atoms with van der Waals surface area (Å²) in [6.45, 7) is -0.115. The van der Waals surface area contributed by atoms with Crippen LogP contribution in [0.25, 0.3) is 0 Å². The van der Waals surface area contributed by atoms with Gasteiger partial charge in [0.05, 0.1) is 23.4 Å². The second-order valence-corrected chi connectivity index (χ2v) is 5.33. The first kappa shape index (κ1) is 12.5. The number of pyridine rings is 1. The molecular weight excluding hydrogens is 252 g/mol. The van der Waals surface area contributed by atoms with E-state index >= 15 is 0 Å². The first-order valence-corrected chi connectivity index (χ1v) is 6.73. The summed E-state index contributed by atoms with van der Waals surface area (Å²) < 4.78 is 26.4. The molecule has 0 saturated heterocycles. The Morgan fingerprint density at radius 3 is 2.44 bits per heavy atom. The van der Waals surface area contributed by atoms with Gasteiger partial charge in [-0.2, -0.15) is 0 Å². The molecule has 5 nitrogen and oxygen atoms in total. The number of benzene rings is 1. The summed E-state index contributed by atoms with van der Waals surface area (Å²) >= 11 is 0. The van der Waals surface area contributed by atoms with Gasteiger partial charge in [0.1, 0.15) is 0 Å². The molecule has 0 amide bonds. The summed E-state index contributed by atoms with van der Waals surface area (Å²) in [6, 6.07) is 9.30. The number of hydrogen-bond acceptors (Lipinski definition) is 4. The number of aliphatic hydroxyl groups is 1. The smallest absolute Gasteiger partial charge is 0.261 e. The quantitative estimate of drug-likeness (QED) is 0.874. The fraction of sp³-hybridized carbons (Fsp3) is 0.0833. The number of rotatable bonds is 4. The third-order valence-electron chi connectivity index (χ3n) is 2.33. The Balaban J connectivity index is 2.25. The summed E-state index contributed by atoms with van der Waals surface area (Å²) in [5.41, 5.74) is 1.07. The van der Waals surface area contributed by atoms with Crippen molar-refractivity contribution in [3.05, 3.63) is 54.4 Å². The van der Waals surface area contributed by atoms with Crippen molar-refractivity contribution in [1.29, 1.82) is 0 Å². The van der Waals surface area contributed by atoms with E-state index in [-0.39, 0.29) is 11.5 Å². The third kappa shape index (κ3) is 2.85. The number of nitrogens with zero attached hydrogens (tertiary/aromatic N) is 1. The van der Waals surface area contributed by atoms with Crippen LogP contribution in [0.5, 0.6) is 0 Å². The summed E-state index contributed by atoms with van der Waals surface area (Å²) in [6.07, 6.45) is 2.99. The normalized spacial score (nSPS) is 11.2. The molecule has 0 aliphatic rings. The van der Waals surface area contributed by atoms with Crippen LogP contribution in [-0.2, 0) is 16.6 Å².